The van der Waals surface area contributed by atoms with Crippen LogP contribution in [0.5, 0.6) is 0 Å². The summed E-state index contributed by atoms with van der Waals surface area (Å²) in [4.78, 5) is 14.8. The van der Waals surface area contributed by atoms with Crippen molar-refractivity contribution in [2.45, 2.75) is 46.6 Å². The minimum atomic E-state index is -0.0872. The third-order valence-corrected chi connectivity index (χ3v) is 4.25. The zero-order valence-electron chi connectivity index (χ0n) is 13.5. The van der Waals surface area contributed by atoms with E-state index in [0.717, 1.165) is 35.3 Å². The standard InChI is InChI=1S/C15H23N5S/c1-9-12(16-6)19-14(15(3,4)5)20-13(9)17-7-11-10(2)18-8-21-11/h8H,7H2,1-6H3,(H2,16,17,19,20). The summed E-state index contributed by atoms with van der Waals surface area (Å²) in [6.07, 6.45) is 0. The monoisotopic (exact) mass is 305 g/mol. The Morgan fingerprint density at radius 2 is 1.81 bits per heavy atom. The van der Waals surface area contributed by atoms with Gasteiger partial charge in [-0.2, -0.15) is 0 Å². The maximum absolute atomic E-state index is 4.70. The minimum Gasteiger partial charge on any atom is -0.373 e. The summed E-state index contributed by atoms with van der Waals surface area (Å²) >= 11 is 1.66. The van der Waals surface area contributed by atoms with Gasteiger partial charge in [-0.1, -0.05) is 20.8 Å². The lowest BCUT2D eigenvalue weighted by Crippen LogP contribution is -2.19. The highest BCUT2D eigenvalue weighted by atomic mass is 32.1. The minimum absolute atomic E-state index is 0.0872. The lowest BCUT2D eigenvalue weighted by atomic mass is 9.95. The number of rotatable bonds is 4. The van der Waals surface area contributed by atoms with Gasteiger partial charge in [0.2, 0.25) is 0 Å². The van der Waals surface area contributed by atoms with Gasteiger partial charge in [0.15, 0.2) is 0 Å². The van der Waals surface area contributed by atoms with E-state index >= 15 is 0 Å². The van der Waals surface area contributed by atoms with Gasteiger partial charge in [-0.3, -0.25) is 0 Å². The number of thiazole rings is 1. The molecule has 2 N–H and O–H groups in total. The quantitative estimate of drug-likeness (QED) is 0.905. The van der Waals surface area contributed by atoms with Crippen LogP contribution in [0.4, 0.5) is 11.6 Å². The van der Waals surface area contributed by atoms with Crippen molar-refractivity contribution >= 4 is 23.0 Å². The molecule has 0 amide bonds. The van der Waals surface area contributed by atoms with E-state index in [4.69, 9.17) is 4.98 Å². The molecule has 114 valence electrons. The Morgan fingerprint density at radius 3 is 2.33 bits per heavy atom. The number of aromatic nitrogens is 3. The normalized spacial score (nSPS) is 11.5. The van der Waals surface area contributed by atoms with Gasteiger partial charge < -0.3 is 10.6 Å². The lowest BCUT2D eigenvalue weighted by molar-refractivity contribution is 0.546. The predicted molar refractivity (Wildman–Crippen MR) is 89.2 cm³/mol. The molecule has 0 spiro atoms. The molecule has 0 bridgehead atoms. The van der Waals surface area contributed by atoms with Crippen LogP contribution in [0.2, 0.25) is 0 Å². The Hall–Kier alpha value is -1.69. The summed E-state index contributed by atoms with van der Waals surface area (Å²) in [7, 11) is 1.89. The first-order valence-corrected chi connectivity index (χ1v) is 7.90. The Bertz CT molecular complexity index is 627. The number of anilines is 2. The topological polar surface area (TPSA) is 62.7 Å². The molecule has 6 heteroatoms. The summed E-state index contributed by atoms with van der Waals surface area (Å²) in [6, 6.07) is 0. The predicted octanol–water partition coefficient (Wildman–Crippen LogP) is 3.50. The highest BCUT2D eigenvalue weighted by Crippen LogP contribution is 2.26. The Kier molecular flexibility index (Phi) is 4.46. The molecular weight excluding hydrogens is 282 g/mol. The van der Waals surface area contributed by atoms with Crippen LogP contribution in [0.25, 0.3) is 0 Å². The van der Waals surface area contributed by atoms with E-state index in [9.17, 15) is 0 Å². The van der Waals surface area contributed by atoms with E-state index in [0.29, 0.717) is 0 Å². The van der Waals surface area contributed by atoms with Crippen molar-refractivity contribution < 1.29 is 0 Å². The fourth-order valence-corrected chi connectivity index (χ4v) is 2.64. The number of nitrogens with zero attached hydrogens (tertiary/aromatic N) is 3. The van der Waals surface area contributed by atoms with E-state index in [1.54, 1.807) is 11.3 Å². The van der Waals surface area contributed by atoms with Crippen molar-refractivity contribution in [3.8, 4) is 0 Å². The van der Waals surface area contributed by atoms with Gasteiger partial charge in [-0.15, -0.1) is 11.3 Å². The molecule has 0 aliphatic carbocycles. The van der Waals surface area contributed by atoms with Gasteiger partial charge in [0.25, 0.3) is 0 Å². The number of hydrogen-bond donors (Lipinski definition) is 2. The van der Waals surface area contributed by atoms with Crippen molar-refractivity contribution in [3.63, 3.8) is 0 Å². The van der Waals surface area contributed by atoms with Crippen LogP contribution in [0.1, 0.15) is 42.7 Å². The average Bonchev–Trinajstić information content (AvgIpc) is 2.82. The zero-order valence-corrected chi connectivity index (χ0v) is 14.4. The maximum atomic E-state index is 4.70. The number of hydrogen-bond acceptors (Lipinski definition) is 6. The Labute approximate surface area is 130 Å². The molecule has 0 aliphatic rings. The first-order valence-electron chi connectivity index (χ1n) is 7.02. The SMILES string of the molecule is CNc1nc(C(C)(C)C)nc(NCc2scnc2C)c1C. The van der Waals surface area contributed by atoms with Crippen molar-refractivity contribution in [2.75, 3.05) is 17.7 Å². The molecule has 2 aromatic rings. The molecule has 21 heavy (non-hydrogen) atoms. The fraction of sp³-hybridized carbons (Fsp3) is 0.533. The lowest BCUT2D eigenvalue weighted by Gasteiger charge is -2.20. The van der Waals surface area contributed by atoms with E-state index in [1.807, 2.05) is 26.4 Å². The summed E-state index contributed by atoms with van der Waals surface area (Å²) in [5.74, 6) is 2.59. The van der Waals surface area contributed by atoms with Gasteiger partial charge >= 0.3 is 0 Å². The summed E-state index contributed by atoms with van der Waals surface area (Å²) in [6.45, 7) is 11.2. The Morgan fingerprint density at radius 1 is 1.14 bits per heavy atom. The maximum Gasteiger partial charge on any atom is 0.138 e. The molecule has 0 unspecified atom stereocenters. The molecule has 2 aromatic heterocycles. The first-order chi connectivity index (χ1) is 9.82. The third kappa shape index (κ3) is 3.50. The van der Waals surface area contributed by atoms with Crippen LogP contribution < -0.4 is 10.6 Å². The van der Waals surface area contributed by atoms with Gasteiger partial charge in [-0.05, 0) is 13.8 Å². The molecule has 0 saturated carbocycles. The molecule has 0 atom stereocenters. The van der Waals surface area contributed by atoms with Crippen molar-refractivity contribution in [3.05, 3.63) is 27.5 Å². The summed E-state index contributed by atoms with van der Waals surface area (Å²) < 4.78 is 0. The second-order valence-corrected chi connectivity index (χ2v) is 7.02. The number of nitrogens with one attached hydrogen (secondary N) is 2. The molecule has 0 saturated heterocycles. The fourth-order valence-electron chi connectivity index (χ4n) is 1.93. The van der Waals surface area contributed by atoms with Crippen LogP contribution in [0.15, 0.2) is 5.51 Å². The van der Waals surface area contributed by atoms with Crippen LogP contribution in [0.3, 0.4) is 0 Å². The largest absolute Gasteiger partial charge is 0.373 e. The van der Waals surface area contributed by atoms with E-state index < -0.39 is 0 Å². The Balaban J connectivity index is 2.31. The molecule has 2 heterocycles. The van der Waals surface area contributed by atoms with Gasteiger partial charge in [0.1, 0.15) is 17.5 Å². The molecule has 0 fully saturated rings. The summed E-state index contributed by atoms with van der Waals surface area (Å²) in [5, 5.41) is 6.57. The molecule has 2 rings (SSSR count). The molecule has 0 aromatic carbocycles. The first kappa shape index (κ1) is 15.7. The summed E-state index contributed by atoms with van der Waals surface area (Å²) in [5.41, 5.74) is 3.89. The van der Waals surface area contributed by atoms with Crippen LogP contribution >= 0.6 is 11.3 Å². The van der Waals surface area contributed by atoms with Gasteiger partial charge in [0.05, 0.1) is 17.7 Å². The van der Waals surface area contributed by atoms with E-state index in [-0.39, 0.29) is 5.41 Å². The van der Waals surface area contributed by atoms with Gasteiger partial charge in [0, 0.05) is 22.9 Å². The van der Waals surface area contributed by atoms with E-state index in [1.165, 1.54) is 4.88 Å². The van der Waals surface area contributed by atoms with Crippen LogP contribution in [-0.4, -0.2) is 22.0 Å². The van der Waals surface area contributed by atoms with Crippen LogP contribution in [-0.2, 0) is 12.0 Å². The van der Waals surface area contributed by atoms with Crippen LogP contribution in [0, 0.1) is 13.8 Å². The number of aryl methyl sites for hydroxylation is 1. The van der Waals surface area contributed by atoms with Crippen molar-refractivity contribution in [1.29, 1.82) is 0 Å². The van der Waals surface area contributed by atoms with Crippen molar-refractivity contribution in [1.82, 2.24) is 15.0 Å². The second kappa shape index (κ2) is 5.97. The highest BCUT2D eigenvalue weighted by molar-refractivity contribution is 7.09. The smallest absolute Gasteiger partial charge is 0.138 e. The molecule has 0 radical (unpaired) electrons. The van der Waals surface area contributed by atoms with Gasteiger partial charge in [-0.25, -0.2) is 15.0 Å². The average molecular weight is 305 g/mol. The van der Waals surface area contributed by atoms with E-state index in [2.05, 4.69) is 41.4 Å². The highest BCUT2D eigenvalue weighted by Gasteiger charge is 2.21. The molecule has 5 nitrogen and oxygen atoms in total. The second-order valence-electron chi connectivity index (χ2n) is 6.08. The molecular formula is C15H23N5S. The third-order valence-electron chi connectivity index (χ3n) is 3.31. The molecule has 0 aliphatic heterocycles. The van der Waals surface area contributed by atoms with Crippen molar-refractivity contribution in [2.24, 2.45) is 0 Å². The zero-order chi connectivity index (χ0) is 15.6.